The van der Waals surface area contributed by atoms with Gasteiger partial charge in [0.1, 0.15) is 0 Å². The Labute approximate surface area is 488 Å². The fourth-order valence-corrected chi connectivity index (χ4v) is 11.3. The number of ether oxygens (including phenoxy) is 1. The Kier molecular flexibility index (Phi) is 66.4. The number of amides is 1. The van der Waals surface area contributed by atoms with E-state index in [2.05, 4.69) is 31.3 Å². The molecule has 0 saturated heterocycles. The van der Waals surface area contributed by atoms with E-state index in [9.17, 15) is 19.8 Å². The van der Waals surface area contributed by atoms with Crippen LogP contribution in [-0.4, -0.2) is 47.4 Å². The van der Waals surface area contributed by atoms with Gasteiger partial charge in [0.05, 0.1) is 25.4 Å². The zero-order valence-electron chi connectivity index (χ0n) is 52.9. The average molecular weight is 1100 g/mol. The van der Waals surface area contributed by atoms with Crippen LogP contribution in [0.25, 0.3) is 0 Å². The number of rotatable bonds is 67. The first kappa shape index (κ1) is 76.3. The number of esters is 1. The van der Waals surface area contributed by atoms with E-state index in [0.717, 1.165) is 44.9 Å². The second-order valence-corrected chi connectivity index (χ2v) is 24.6. The van der Waals surface area contributed by atoms with Crippen LogP contribution in [0.5, 0.6) is 0 Å². The summed E-state index contributed by atoms with van der Waals surface area (Å²) in [6.45, 7) is 4.88. The molecule has 462 valence electrons. The van der Waals surface area contributed by atoms with Gasteiger partial charge in [-0.15, -0.1) is 0 Å². The van der Waals surface area contributed by atoms with Crippen LogP contribution in [0.1, 0.15) is 399 Å². The second-order valence-electron chi connectivity index (χ2n) is 24.6. The summed E-state index contributed by atoms with van der Waals surface area (Å²) in [4.78, 5) is 24.4. The summed E-state index contributed by atoms with van der Waals surface area (Å²) in [6.07, 6.45) is 85.8. The van der Waals surface area contributed by atoms with Crippen molar-refractivity contribution >= 4 is 11.9 Å². The van der Waals surface area contributed by atoms with Gasteiger partial charge in [-0.25, -0.2) is 0 Å². The first-order chi connectivity index (χ1) is 38.5. The molecule has 0 aliphatic heterocycles. The van der Waals surface area contributed by atoms with Crippen molar-refractivity contribution in [2.45, 2.75) is 411 Å². The topological polar surface area (TPSA) is 95.9 Å². The Morgan fingerprint density at radius 2 is 0.615 bits per heavy atom. The molecule has 0 aromatic heterocycles. The predicted octanol–water partition coefficient (Wildman–Crippen LogP) is 22.9. The van der Waals surface area contributed by atoms with Crippen LogP contribution < -0.4 is 5.32 Å². The lowest BCUT2D eigenvalue weighted by Gasteiger charge is -2.20. The fourth-order valence-electron chi connectivity index (χ4n) is 11.3. The van der Waals surface area contributed by atoms with E-state index in [-0.39, 0.29) is 18.5 Å². The molecule has 78 heavy (non-hydrogen) atoms. The quantitative estimate of drug-likeness (QED) is 0.0320. The van der Waals surface area contributed by atoms with E-state index < -0.39 is 12.1 Å². The summed E-state index contributed by atoms with van der Waals surface area (Å²) < 4.78 is 5.47. The highest BCUT2D eigenvalue weighted by atomic mass is 16.5. The van der Waals surface area contributed by atoms with Crippen LogP contribution in [0.3, 0.4) is 0 Å². The molecule has 0 aliphatic carbocycles. The van der Waals surface area contributed by atoms with Gasteiger partial charge in [-0.3, -0.25) is 9.59 Å². The second kappa shape index (κ2) is 67.8. The summed E-state index contributed by atoms with van der Waals surface area (Å²) in [5.74, 6) is -0.0483. The lowest BCUT2D eigenvalue weighted by molar-refractivity contribution is -0.143. The van der Waals surface area contributed by atoms with Gasteiger partial charge in [-0.05, 0) is 51.4 Å². The number of carbonyl (C=O) groups is 2. The maximum Gasteiger partial charge on any atom is 0.305 e. The van der Waals surface area contributed by atoms with Crippen LogP contribution >= 0.6 is 0 Å². The standard InChI is InChI=1S/C72H139NO5/c1-3-5-7-9-11-13-44-48-52-56-60-64-70(75)69(68-74)73-71(76)65-61-57-53-49-46-42-40-38-36-34-32-30-28-26-24-22-20-18-16-15-17-19-21-23-25-27-29-31-33-35-37-39-41-43-47-51-55-59-63-67-78-72(77)66-62-58-54-50-45-14-12-10-8-6-4-2/h10,12,60,64,69-70,74-75H,3-9,11,13-59,61-63,65-68H2,1-2H3,(H,73,76)/b12-10-,64-60+. The van der Waals surface area contributed by atoms with E-state index in [4.69, 9.17) is 4.74 Å². The molecule has 3 N–H and O–H groups in total. The number of carbonyl (C=O) groups excluding carboxylic acids is 2. The number of hydrogen-bond acceptors (Lipinski definition) is 5. The maximum absolute atomic E-state index is 12.4. The number of allylic oxidation sites excluding steroid dienone is 3. The van der Waals surface area contributed by atoms with Gasteiger partial charge < -0.3 is 20.3 Å². The average Bonchev–Trinajstić information content (AvgIpc) is 3.44. The van der Waals surface area contributed by atoms with Gasteiger partial charge in [0.25, 0.3) is 0 Å². The summed E-state index contributed by atoms with van der Waals surface area (Å²) in [6, 6.07) is -0.621. The van der Waals surface area contributed by atoms with E-state index in [0.29, 0.717) is 19.4 Å². The van der Waals surface area contributed by atoms with Crippen molar-refractivity contribution in [2.24, 2.45) is 0 Å². The molecule has 0 heterocycles. The Bertz CT molecular complexity index is 1220. The Morgan fingerprint density at radius 1 is 0.346 bits per heavy atom. The normalized spacial score (nSPS) is 12.6. The summed E-state index contributed by atoms with van der Waals surface area (Å²) >= 11 is 0. The predicted molar refractivity (Wildman–Crippen MR) is 343 cm³/mol. The van der Waals surface area contributed by atoms with Crippen molar-refractivity contribution in [1.82, 2.24) is 5.32 Å². The highest BCUT2D eigenvalue weighted by Crippen LogP contribution is 2.19. The first-order valence-electron chi connectivity index (χ1n) is 35.6. The molecule has 0 aromatic rings. The molecule has 0 rings (SSSR count). The minimum atomic E-state index is -0.838. The van der Waals surface area contributed by atoms with Crippen molar-refractivity contribution in [3.8, 4) is 0 Å². The number of aliphatic hydroxyl groups is 2. The van der Waals surface area contributed by atoms with Crippen LogP contribution in [0.2, 0.25) is 0 Å². The number of unbranched alkanes of at least 4 members (excludes halogenated alkanes) is 54. The van der Waals surface area contributed by atoms with Crippen LogP contribution in [0.4, 0.5) is 0 Å². The monoisotopic (exact) mass is 1100 g/mol. The molecule has 0 bridgehead atoms. The summed E-state index contributed by atoms with van der Waals surface area (Å²) in [5.41, 5.74) is 0. The lowest BCUT2D eigenvalue weighted by Crippen LogP contribution is -2.45. The molecular formula is C72H139NO5. The van der Waals surface area contributed by atoms with Crippen molar-refractivity contribution in [3.05, 3.63) is 24.3 Å². The molecular weight excluding hydrogens is 959 g/mol. The van der Waals surface area contributed by atoms with E-state index in [1.54, 1.807) is 6.08 Å². The minimum Gasteiger partial charge on any atom is -0.466 e. The number of hydrogen-bond donors (Lipinski definition) is 3. The molecule has 0 saturated carbocycles. The molecule has 6 heteroatoms. The smallest absolute Gasteiger partial charge is 0.305 e. The van der Waals surface area contributed by atoms with Crippen molar-refractivity contribution in [1.29, 1.82) is 0 Å². The molecule has 0 aliphatic rings. The van der Waals surface area contributed by atoms with Crippen LogP contribution in [0.15, 0.2) is 24.3 Å². The first-order valence-corrected chi connectivity index (χ1v) is 35.6. The van der Waals surface area contributed by atoms with Gasteiger partial charge in [0.15, 0.2) is 0 Å². The molecule has 0 aromatic carbocycles. The van der Waals surface area contributed by atoms with Crippen LogP contribution in [-0.2, 0) is 14.3 Å². The van der Waals surface area contributed by atoms with E-state index in [1.165, 1.54) is 327 Å². The van der Waals surface area contributed by atoms with Gasteiger partial charge in [0, 0.05) is 12.8 Å². The Balaban J connectivity index is 3.28. The highest BCUT2D eigenvalue weighted by molar-refractivity contribution is 5.76. The lowest BCUT2D eigenvalue weighted by atomic mass is 10.0. The van der Waals surface area contributed by atoms with Crippen molar-refractivity contribution in [3.63, 3.8) is 0 Å². The molecule has 6 nitrogen and oxygen atoms in total. The summed E-state index contributed by atoms with van der Waals surface area (Å²) in [5, 5.41) is 23.1. The molecule has 0 spiro atoms. The maximum atomic E-state index is 12.4. The SMILES string of the molecule is CCCC/C=C\CCCCCCCC(=O)OCCCCCCCCCCCCCCCCCCCCCCCCCCCCCCCCCCCCCCCCCC(=O)NC(CO)C(O)/C=C/CCCCCCCCCCC. The highest BCUT2D eigenvalue weighted by Gasteiger charge is 2.18. The third-order valence-electron chi connectivity index (χ3n) is 16.7. The van der Waals surface area contributed by atoms with Gasteiger partial charge >= 0.3 is 5.97 Å². The number of nitrogens with one attached hydrogen (secondary N) is 1. The minimum absolute atomic E-state index is 0.0130. The molecule has 0 radical (unpaired) electrons. The van der Waals surface area contributed by atoms with E-state index >= 15 is 0 Å². The van der Waals surface area contributed by atoms with Gasteiger partial charge in [-0.1, -0.05) is 359 Å². The third kappa shape index (κ3) is 63.5. The zero-order valence-corrected chi connectivity index (χ0v) is 52.9. The Morgan fingerprint density at radius 3 is 0.949 bits per heavy atom. The van der Waals surface area contributed by atoms with Gasteiger partial charge in [0.2, 0.25) is 5.91 Å². The molecule has 2 unspecified atom stereocenters. The molecule has 0 fully saturated rings. The van der Waals surface area contributed by atoms with Gasteiger partial charge in [-0.2, -0.15) is 0 Å². The van der Waals surface area contributed by atoms with Crippen molar-refractivity contribution in [2.75, 3.05) is 13.2 Å². The number of aliphatic hydroxyl groups excluding tert-OH is 2. The fraction of sp³-hybridized carbons (Fsp3) is 0.917. The van der Waals surface area contributed by atoms with Crippen LogP contribution in [0, 0.1) is 0 Å². The zero-order chi connectivity index (χ0) is 56.4. The van der Waals surface area contributed by atoms with Crippen molar-refractivity contribution < 1.29 is 24.5 Å². The molecule has 2 atom stereocenters. The molecule has 1 amide bonds. The van der Waals surface area contributed by atoms with E-state index in [1.807, 2.05) is 6.08 Å². The largest absolute Gasteiger partial charge is 0.466 e. The summed E-state index contributed by atoms with van der Waals surface area (Å²) in [7, 11) is 0. The third-order valence-corrected chi connectivity index (χ3v) is 16.7. The Hall–Kier alpha value is -1.66.